The largest absolute Gasteiger partial charge is 0.490 e. The highest BCUT2D eigenvalue weighted by atomic mass is 16.5. The topological polar surface area (TPSA) is 59.0 Å². The van der Waals surface area contributed by atoms with E-state index >= 15 is 0 Å². The van der Waals surface area contributed by atoms with Gasteiger partial charge in [-0.25, -0.2) is 4.79 Å². The van der Waals surface area contributed by atoms with Crippen molar-refractivity contribution < 1.29 is 19.4 Å². The van der Waals surface area contributed by atoms with Crippen LogP contribution in [0.4, 0.5) is 0 Å². The van der Waals surface area contributed by atoms with Crippen molar-refractivity contribution >= 4 is 12.0 Å². The van der Waals surface area contributed by atoms with Crippen LogP contribution in [0.25, 0.3) is 6.08 Å². The molecule has 0 spiro atoms. The lowest BCUT2D eigenvalue weighted by atomic mass is 10.2. The van der Waals surface area contributed by atoms with Gasteiger partial charge in [-0.05, 0) is 44.8 Å². The van der Waals surface area contributed by atoms with E-state index in [0.29, 0.717) is 24.7 Å². The van der Waals surface area contributed by atoms with Gasteiger partial charge in [-0.3, -0.25) is 0 Å². The minimum absolute atomic E-state index is 0.524. The van der Waals surface area contributed by atoms with Crippen molar-refractivity contribution in [2.24, 2.45) is 0 Å². The Hall–Kier alpha value is -2.01. The average Bonchev–Trinajstić information content (AvgIpc) is 2.38. The molecule has 0 saturated carbocycles. The molecule has 0 aliphatic heterocycles. The lowest BCUT2D eigenvalue weighted by Crippen LogP contribution is -2.19. The van der Waals surface area contributed by atoms with Gasteiger partial charge in [-0.1, -0.05) is 6.07 Å². The molecule has 0 heterocycles. The maximum Gasteiger partial charge on any atom is 0.328 e. The first-order chi connectivity index (χ1) is 9.52. The van der Waals surface area contributed by atoms with Crippen LogP contribution in [0.2, 0.25) is 0 Å². The van der Waals surface area contributed by atoms with Crippen LogP contribution in [0.1, 0.15) is 12.5 Å². The molecular weight excluding hydrogens is 258 g/mol. The van der Waals surface area contributed by atoms with Crippen molar-refractivity contribution in [2.75, 3.05) is 33.9 Å². The number of hydrogen-bond acceptors (Lipinski definition) is 4. The van der Waals surface area contributed by atoms with Gasteiger partial charge in [0.2, 0.25) is 0 Å². The predicted octanol–water partition coefficient (Wildman–Crippen LogP) is 2.12. The van der Waals surface area contributed by atoms with Gasteiger partial charge in [-0.15, -0.1) is 0 Å². The summed E-state index contributed by atoms with van der Waals surface area (Å²) in [7, 11) is 3.96. The van der Waals surface area contributed by atoms with Crippen LogP contribution < -0.4 is 9.47 Å². The first-order valence-corrected chi connectivity index (χ1v) is 6.48. The van der Waals surface area contributed by atoms with Gasteiger partial charge < -0.3 is 19.5 Å². The molecule has 0 unspecified atom stereocenters. The third-order valence-electron chi connectivity index (χ3n) is 2.48. The Balaban J connectivity index is 2.81. The predicted molar refractivity (Wildman–Crippen MR) is 78.3 cm³/mol. The Bertz CT molecular complexity index is 469. The molecule has 0 saturated heterocycles. The van der Waals surface area contributed by atoms with Crippen LogP contribution in [-0.4, -0.2) is 49.8 Å². The average molecular weight is 279 g/mol. The third-order valence-corrected chi connectivity index (χ3v) is 2.48. The minimum atomic E-state index is -0.978. The van der Waals surface area contributed by atoms with Crippen molar-refractivity contribution in [1.82, 2.24) is 4.90 Å². The van der Waals surface area contributed by atoms with Crippen LogP contribution in [0.5, 0.6) is 11.5 Å². The van der Waals surface area contributed by atoms with Crippen molar-refractivity contribution in [1.29, 1.82) is 0 Å². The lowest BCUT2D eigenvalue weighted by molar-refractivity contribution is -0.131. The van der Waals surface area contributed by atoms with Gasteiger partial charge in [0.15, 0.2) is 11.5 Å². The molecule has 0 aromatic heterocycles. The van der Waals surface area contributed by atoms with Gasteiger partial charge in [0.25, 0.3) is 0 Å². The van der Waals surface area contributed by atoms with Gasteiger partial charge in [-0.2, -0.15) is 0 Å². The van der Waals surface area contributed by atoms with Crippen LogP contribution in [-0.2, 0) is 4.79 Å². The summed E-state index contributed by atoms with van der Waals surface area (Å²) in [5, 5.41) is 8.62. The number of carboxylic acid groups (broad SMARTS) is 1. The fourth-order valence-corrected chi connectivity index (χ4v) is 1.52. The second-order valence-electron chi connectivity index (χ2n) is 4.46. The molecule has 110 valence electrons. The summed E-state index contributed by atoms with van der Waals surface area (Å²) in [4.78, 5) is 12.5. The van der Waals surface area contributed by atoms with Gasteiger partial charge >= 0.3 is 5.97 Å². The molecule has 0 atom stereocenters. The zero-order valence-corrected chi connectivity index (χ0v) is 12.1. The minimum Gasteiger partial charge on any atom is -0.490 e. The van der Waals surface area contributed by atoms with E-state index in [4.69, 9.17) is 14.6 Å². The first kappa shape index (κ1) is 16.0. The Morgan fingerprint density at radius 2 is 2.05 bits per heavy atom. The molecular formula is C15H21NO4. The number of aliphatic carboxylic acids is 1. The highest BCUT2D eigenvalue weighted by molar-refractivity contribution is 5.85. The van der Waals surface area contributed by atoms with Crippen molar-refractivity contribution in [3.05, 3.63) is 29.8 Å². The van der Waals surface area contributed by atoms with E-state index in [2.05, 4.69) is 0 Å². The van der Waals surface area contributed by atoms with E-state index in [-0.39, 0.29) is 0 Å². The van der Waals surface area contributed by atoms with Crippen LogP contribution in [0.3, 0.4) is 0 Å². The number of hydrogen-bond donors (Lipinski definition) is 1. The second kappa shape index (κ2) is 8.22. The third kappa shape index (κ3) is 5.75. The number of rotatable bonds is 8. The van der Waals surface area contributed by atoms with E-state index in [1.165, 1.54) is 6.08 Å². The van der Waals surface area contributed by atoms with Gasteiger partial charge in [0.05, 0.1) is 6.61 Å². The summed E-state index contributed by atoms with van der Waals surface area (Å²) in [6.45, 7) is 3.79. The molecule has 0 aliphatic rings. The molecule has 1 aromatic carbocycles. The summed E-state index contributed by atoms with van der Waals surface area (Å²) in [6.07, 6.45) is 2.62. The normalized spacial score (nSPS) is 11.0. The summed E-state index contributed by atoms with van der Waals surface area (Å²) in [6, 6.07) is 5.36. The molecule has 5 heteroatoms. The van der Waals surface area contributed by atoms with Gasteiger partial charge in [0, 0.05) is 12.6 Å². The molecule has 0 bridgehead atoms. The summed E-state index contributed by atoms with van der Waals surface area (Å²) >= 11 is 0. The lowest BCUT2D eigenvalue weighted by Gasteiger charge is -2.14. The smallest absolute Gasteiger partial charge is 0.328 e. The molecule has 5 nitrogen and oxygen atoms in total. The van der Waals surface area contributed by atoms with Crippen LogP contribution >= 0.6 is 0 Å². The van der Waals surface area contributed by atoms with Crippen molar-refractivity contribution in [3.8, 4) is 11.5 Å². The van der Waals surface area contributed by atoms with E-state index in [9.17, 15) is 4.79 Å². The first-order valence-electron chi connectivity index (χ1n) is 6.48. The number of nitrogens with zero attached hydrogens (tertiary/aromatic N) is 1. The standard InChI is InChI=1S/C15H21NO4/c1-4-19-14-11-12(6-8-15(17)18)5-7-13(14)20-10-9-16(2)3/h5-8,11H,4,9-10H2,1-3H3,(H,17,18). The van der Waals surface area contributed by atoms with Crippen molar-refractivity contribution in [3.63, 3.8) is 0 Å². The Morgan fingerprint density at radius 1 is 1.30 bits per heavy atom. The summed E-state index contributed by atoms with van der Waals surface area (Å²) in [5.41, 5.74) is 0.760. The second-order valence-corrected chi connectivity index (χ2v) is 4.46. The van der Waals surface area contributed by atoms with E-state index in [1.54, 1.807) is 18.2 Å². The Kier molecular flexibility index (Phi) is 6.59. The maximum atomic E-state index is 10.5. The molecule has 0 aliphatic carbocycles. The zero-order valence-electron chi connectivity index (χ0n) is 12.1. The zero-order chi connectivity index (χ0) is 15.0. The Morgan fingerprint density at radius 3 is 2.65 bits per heavy atom. The molecule has 1 aromatic rings. The highest BCUT2D eigenvalue weighted by Gasteiger charge is 2.06. The molecule has 0 fully saturated rings. The number of ether oxygens (including phenoxy) is 2. The van der Waals surface area contributed by atoms with E-state index in [1.807, 2.05) is 25.9 Å². The Labute approximate surface area is 119 Å². The van der Waals surface area contributed by atoms with Crippen LogP contribution in [0.15, 0.2) is 24.3 Å². The number of carbonyl (C=O) groups is 1. The molecule has 20 heavy (non-hydrogen) atoms. The van der Waals surface area contributed by atoms with Gasteiger partial charge in [0.1, 0.15) is 6.61 Å². The van der Waals surface area contributed by atoms with Crippen molar-refractivity contribution in [2.45, 2.75) is 6.92 Å². The van der Waals surface area contributed by atoms with E-state index < -0.39 is 5.97 Å². The molecule has 0 amide bonds. The maximum absolute atomic E-state index is 10.5. The molecule has 1 N–H and O–H groups in total. The summed E-state index contributed by atoms with van der Waals surface area (Å²) < 4.78 is 11.2. The van der Waals surface area contributed by atoms with Crippen LogP contribution in [0, 0.1) is 0 Å². The monoisotopic (exact) mass is 279 g/mol. The highest BCUT2D eigenvalue weighted by Crippen LogP contribution is 2.29. The fourth-order valence-electron chi connectivity index (χ4n) is 1.52. The SMILES string of the molecule is CCOc1cc(C=CC(=O)O)ccc1OCCN(C)C. The molecule has 1 rings (SSSR count). The fraction of sp³-hybridized carbons (Fsp3) is 0.400. The quantitative estimate of drug-likeness (QED) is 0.739. The number of carboxylic acids is 1. The molecule has 0 radical (unpaired) electrons. The van der Waals surface area contributed by atoms with E-state index in [0.717, 1.165) is 18.2 Å². The summed E-state index contributed by atoms with van der Waals surface area (Å²) in [5.74, 6) is 0.314. The number of benzene rings is 1. The number of likely N-dealkylation sites (N-methyl/N-ethyl adjacent to an activating group) is 1.